The quantitative estimate of drug-likeness (QED) is 0.839. The van der Waals surface area contributed by atoms with E-state index in [9.17, 15) is 4.79 Å². The Bertz CT molecular complexity index is 470. The lowest BCUT2D eigenvalue weighted by atomic mass is 10.2. The third-order valence-corrected chi connectivity index (χ3v) is 3.49. The van der Waals surface area contributed by atoms with E-state index in [0.29, 0.717) is 18.8 Å². The number of methoxy groups -OCH3 is 1. The molecule has 104 valence electrons. The van der Waals surface area contributed by atoms with Gasteiger partial charge in [0.2, 0.25) is 0 Å². The fourth-order valence-corrected chi connectivity index (χ4v) is 2.60. The highest BCUT2D eigenvalue weighted by Gasteiger charge is 2.25. The van der Waals surface area contributed by atoms with Crippen molar-refractivity contribution in [3.05, 3.63) is 16.7 Å². The summed E-state index contributed by atoms with van der Waals surface area (Å²) in [6, 6.07) is 1.81. The third kappa shape index (κ3) is 3.57. The second-order valence-corrected chi connectivity index (χ2v) is 5.15. The van der Waals surface area contributed by atoms with E-state index in [1.807, 2.05) is 6.07 Å². The summed E-state index contributed by atoms with van der Waals surface area (Å²) in [6.07, 6.45) is 1.69. The summed E-state index contributed by atoms with van der Waals surface area (Å²) in [5.74, 6) is 0.545. The molecule has 1 atom stereocenters. The zero-order chi connectivity index (χ0) is 13.8. The molecule has 0 saturated carbocycles. The second kappa shape index (κ2) is 6.21. The van der Waals surface area contributed by atoms with E-state index in [-0.39, 0.29) is 18.5 Å². The zero-order valence-electron chi connectivity index (χ0n) is 10.6. The van der Waals surface area contributed by atoms with Crippen molar-refractivity contribution < 1.29 is 14.3 Å². The van der Waals surface area contributed by atoms with E-state index in [1.165, 1.54) is 7.11 Å². The number of morpholine rings is 1. The molecule has 1 aliphatic heterocycles. The fourth-order valence-electron chi connectivity index (χ4n) is 1.98. The first-order chi connectivity index (χ1) is 9.10. The maximum absolute atomic E-state index is 11.3. The molecule has 2 heterocycles. The summed E-state index contributed by atoms with van der Waals surface area (Å²) < 4.78 is 11.0. The van der Waals surface area contributed by atoms with Gasteiger partial charge in [-0.2, -0.15) is 0 Å². The van der Waals surface area contributed by atoms with Gasteiger partial charge >= 0.3 is 5.97 Å². The minimum atomic E-state index is -0.267. The highest BCUT2D eigenvalue weighted by atomic mass is 79.9. The van der Waals surface area contributed by atoms with Gasteiger partial charge in [-0.1, -0.05) is 0 Å². The molecule has 1 aromatic rings. The van der Waals surface area contributed by atoms with Gasteiger partial charge in [0.25, 0.3) is 0 Å². The number of anilines is 2. The maximum Gasteiger partial charge on any atom is 0.308 e. The third-order valence-electron chi connectivity index (χ3n) is 2.90. The van der Waals surface area contributed by atoms with E-state index in [1.54, 1.807) is 6.20 Å². The Kier molecular flexibility index (Phi) is 4.60. The zero-order valence-corrected chi connectivity index (χ0v) is 12.2. The normalized spacial score (nSPS) is 19.3. The van der Waals surface area contributed by atoms with Crippen LogP contribution >= 0.6 is 15.9 Å². The Hall–Kier alpha value is -1.34. The molecule has 2 rings (SSSR count). The first kappa shape index (κ1) is 14.1. The molecular formula is C12H16BrN3O3. The van der Waals surface area contributed by atoms with Gasteiger partial charge in [-0.3, -0.25) is 4.79 Å². The van der Waals surface area contributed by atoms with E-state index >= 15 is 0 Å². The average Bonchev–Trinajstić information content (AvgIpc) is 2.39. The van der Waals surface area contributed by atoms with Gasteiger partial charge in [0.15, 0.2) is 0 Å². The van der Waals surface area contributed by atoms with Gasteiger partial charge in [-0.15, -0.1) is 0 Å². The predicted octanol–water partition coefficient (Wildman–Crippen LogP) is 1.19. The molecule has 6 nitrogen and oxygen atoms in total. The Morgan fingerprint density at radius 2 is 2.53 bits per heavy atom. The van der Waals surface area contributed by atoms with E-state index in [0.717, 1.165) is 16.8 Å². The minimum Gasteiger partial charge on any atom is -0.469 e. The van der Waals surface area contributed by atoms with Crippen LogP contribution in [0.5, 0.6) is 0 Å². The molecule has 0 aliphatic carbocycles. The van der Waals surface area contributed by atoms with Gasteiger partial charge in [0.05, 0.1) is 42.6 Å². The van der Waals surface area contributed by atoms with Crippen molar-refractivity contribution in [2.45, 2.75) is 12.5 Å². The van der Waals surface area contributed by atoms with Crippen molar-refractivity contribution in [1.29, 1.82) is 0 Å². The van der Waals surface area contributed by atoms with Crippen molar-refractivity contribution in [3.63, 3.8) is 0 Å². The largest absolute Gasteiger partial charge is 0.469 e. The van der Waals surface area contributed by atoms with Crippen LogP contribution in [0.1, 0.15) is 6.42 Å². The van der Waals surface area contributed by atoms with Crippen LogP contribution in [0.15, 0.2) is 16.7 Å². The SMILES string of the molecule is COC(=O)CC1CN(c2ncc(N)cc2Br)CCO1. The number of rotatable bonds is 3. The van der Waals surface area contributed by atoms with Crippen LogP contribution in [-0.2, 0) is 14.3 Å². The van der Waals surface area contributed by atoms with E-state index in [4.69, 9.17) is 10.5 Å². The topological polar surface area (TPSA) is 77.7 Å². The van der Waals surface area contributed by atoms with Gasteiger partial charge in [0, 0.05) is 13.1 Å². The van der Waals surface area contributed by atoms with E-state index < -0.39 is 0 Å². The lowest BCUT2D eigenvalue weighted by Crippen LogP contribution is -2.44. The molecule has 0 radical (unpaired) electrons. The van der Waals surface area contributed by atoms with Crippen LogP contribution in [0.3, 0.4) is 0 Å². The average molecular weight is 330 g/mol. The summed E-state index contributed by atoms with van der Waals surface area (Å²) in [5, 5.41) is 0. The van der Waals surface area contributed by atoms with Crippen LogP contribution in [0.2, 0.25) is 0 Å². The molecule has 2 N–H and O–H groups in total. The maximum atomic E-state index is 11.3. The van der Waals surface area contributed by atoms with Crippen LogP contribution < -0.4 is 10.6 Å². The van der Waals surface area contributed by atoms with Gasteiger partial charge in [-0.05, 0) is 22.0 Å². The molecule has 19 heavy (non-hydrogen) atoms. The highest BCUT2D eigenvalue weighted by Crippen LogP contribution is 2.27. The number of nitrogens with two attached hydrogens (primary N) is 1. The summed E-state index contributed by atoms with van der Waals surface area (Å²) in [4.78, 5) is 17.7. The number of nitrogens with zero attached hydrogens (tertiary/aromatic N) is 2. The summed E-state index contributed by atoms with van der Waals surface area (Å²) in [7, 11) is 1.38. The van der Waals surface area contributed by atoms with Crippen molar-refractivity contribution in [3.8, 4) is 0 Å². The number of carbonyl (C=O) groups is 1. The first-order valence-electron chi connectivity index (χ1n) is 5.94. The number of halogens is 1. The number of pyridine rings is 1. The number of ether oxygens (including phenoxy) is 2. The predicted molar refractivity (Wildman–Crippen MR) is 74.9 cm³/mol. The smallest absolute Gasteiger partial charge is 0.308 e. The Morgan fingerprint density at radius 3 is 3.21 bits per heavy atom. The van der Waals surface area contributed by atoms with Crippen molar-refractivity contribution in [2.24, 2.45) is 0 Å². The van der Waals surface area contributed by atoms with Crippen LogP contribution in [0.4, 0.5) is 11.5 Å². The fraction of sp³-hybridized carbons (Fsp3) is 0.500. The molecule has 7 heteroatoms. The lowest BCUT2D eigenvalue weighted by Gasteiger charge is -2.33. The van der Waals surface area contributed by atoms with Crippen molar-refractivity contribution in [2.75, 3.05) is 37.4 Å². The number of aromatic nitrogens is 1. The van der Waals surface area contributed by atoms with Gasteiger partial charge in [-0.25, -0.2) is 4.98 Å². The number of hydrogen-bond donors (Lipinski definition) is 1. The molecule has 1 fully saturated rings. The van der Waals surface area contributed by atoms with Gasteiger partial charge < -0.3 is 20.1 Å². The Balaban J connectivity index is 2.06. The monoisotopic (exact) mass is 329 g/mol. The van der Waals surface area contributed by atoms with Crippen LogP contribution in [0, 0.1) is 0 Å². The van der Waals surface area contributed by atoms with E-state index in [2.05, 4.69) is 30.6 Å². The summed E-state index contributed by atoms with van der Waals surface area (Å²) in [6.45, 7) is 1.89. The molecule has 1 aliphatic rings. The molecule has 0 spiro atoms. The second-order valence-electron chi connectivity index (χ2n) is 4.29. The molecule has 1 aromatic heterocycles. The van der Waals surface area contributed by atoms with Gasteiger partial charge in [0.1, 0.15) is 5.82 Å². The standard InChI is InChI=1S/C12H16BrN3O3/c1-18-11(17)5-9-7-16(2-3-19-9)12-10(13)4-8(14)6-15-12/h4,6,9H,2-3,5,7,14H2,1H3. The molecule has 0 amide bonds. The summed E-state index contributed by atoms with van der Waals surface area (Å²) >= 11 is 3.45. The molecular weight excluding hydrogens is 314 g/mol. The lowest BCUT2D eigenvalue weighted by molar-refractivity contribution is -0.144. The Morgan fingerprint density at radius 1 is 1.74 bits per heavy atom. The molecule has 1 unspecified atom stereocenters. The number of carbonyl (C=O) groups excluding carboxylic acids is 1. The minimum absolute atomic E-state index is 0.174. The molecule has 1 saturated heterocycles. The van der Waals surface area contributed by atoms with Crippen LogP contribution in [0.25, 0.3) is 0 Å². The first-order valence-corrected chi connectivity index (χ1v) is 6.74. The summed E-state index contributed by atoms with van der Waals surface area (Å²) in [5.41, 5.74) is 6.28. The van der Waals surface area contributed by atoms with Crippen LogP contribution in [-0.4, -0.2) is 43.9 Å². The van der Waals surface area contributed by atoms with Crippen molar-refractivity contribution in [1.82, 2.24) is 4.98 Å². The highest BCUT2D eigenvalue weighted by molar-refractivity contribution is 9.10. The molecule has 0 aromatic carbocycles. The number of esters is 1. The number of nitrogen functional groups attached to an aromatic ring is 1. The Labute approximate surface area is 120 Å². The number of hydrogen-bond acceptors (Lipinski definition) is 6. The van der Waals surface area contributed by atoms with Crippen molar-refractivity contribution >= 4 is 33.4 Å². The molecule has 0 bridgehead atoms.